The van der Waals surface area contributed by atoms with E-state index in [-0.39, 0.29) is 17.1 Å². The summed E-state index contributed by atoms with van der Waals surface area (Å²) >= 11 is 1.19. The minimum absolute atomic E-state index is 0.0429. The molecule has 2 aromatic rings. The summed E-state index contributed by atoms with van der Waals surface area (Å²) < 4.78 is 4.78. The van der Waals surface area contributed by atoms with E-state index in [2.05, 4.69) is 4.99 Å². The van der Waals surface area contributed by atoms with Crippen molar-refractivity contribution in [2.24, 2.45) is 4.99 Å². The molecule has 5 nitrogen and oxygen atoms in total. The molecule has 0 bridgehead atoms. The Bertz CT molecular complexity index is 883. The second kappa shape index (κ2) is 7.27. The van der Waals surface area contributed by atoms with Crippen LogP contribution < -0.4 is 0 Å². The quantitative estimate of drug-likeness (QED) is 0.809. The lowest BCUT2D eigenvalue weighted by Gasteiger charge is -2.01. The predicted octanol–water partition coefficient (Wildman–Crippen LogP) is 4.20. The summed E-state index contributed by atoms with van der Waals surface area (Å²) in [7, 11) is 1.26. The van der Waals surface area contributed by atoms with Gasteiger partial charge in [-0.05, 0) is 35.9 Å². The van der Waals surface area contributed by atoms with Gasteiger partial charge in [-0.3, -0.25) is 0 Å². The number of rotatable bonds is 3. The molecule has 0 fully saturated rings. The molecule has 0 saturated carbocycles. The van der Waals surface area contributed by atoms with E-state index in [0.717, 1.165) is 5.56 Å². The normalized spacial score (nSPS) is 17.3. The van der Waals surface area contributed by atoms with E-state index >= 15 is 0 Å². The molecule has 0 radical (unpaired) electrons. The molecule has 3 rings (SSSR count). The largest absolute Gasteiger partial charge is 0.508 e. The molecular weight excluding hydrogens is 338 g/mol. The minimum Gasteiger partial charge on any atom is -0.508 e. The molecule has 6 heteroatoms. The van der Waals surface area contributed by atoms with Gasteiger partial charge < -0.3 is 14.9 Å². The molecule has 0 saturated heterocycles. The van der Waals surface area contributed by atoms with Crippen molar-refractivity contribution < 1.29 is 19.7 Å². The summed E-state index contributed by atoms with van der Waals surface area (Å²) in [6.07, 6.45) is 1.72. The number of phenols is 1. The number of para-hydroxylation sites is 1. The Kier molecular flexibility index (Phi) is 4.90. The first-order chi connectivity index (χ1) is 12.1. The molecule has 0 atom stereocenters. The average Bonchev–Trinajstić information content (AvgIpc) is 2.92. The third-order valence-corrected chi connectivity index (χ3v) is 4.48. The molecule has 1 heterocycles. The fourth-order valence-corrected chi connectivity index (χ4v) is 3.27. The Morgan fingerprint density at radius 3 is 2.40 bits per heavy atom. The lowest BCUT2D eigenvalue weighted by molar-refractivity contribution is -0.135. The smallest absolute Gasteiger partial charge is 0.344 e. The Balaban J connectivity index is 2.03. The number of hydrogen-bond donors (Lipinski definition) is 2. The minimum atomic E-state index is -0.645. The molecule has 1 aliphatic heterocycles. The molecule has 0 unspecified atom stereocenters. The second-order valence-electron chi connectivity index (χ2n) is 5.17. The standard InChI is InChI=1S/C19H15NO4S/c1-24-19(23)16-17(22)15(11-12-7-9-14(21)10-8-12)25-18(16)20-13-5-3-2-4-6-13/h2-11,21-22H,1H3/b15-11-,20-18?. The first-order valence-corrected chi connectivity index (χ1v) is 8.25. The van der Waals surface area contributed by atoms with Gasteiger partial charge in [0.2, 0.25) is 0 Å². The second-order valence-corrected chi connectivity index (χ2v) is 6.20. The van der Waals surface area contributed by atoms with Crippen molar-refractivity contribution in [2.75, 3.05) is 7.11 Å². The zero-order valence-corrected chi connectivity index (χ0v) is 14.2. The number of benzene rings is 2. The highest BCUT2D eigenvalue weighted by Crippen LogP contribution is 2.40. The fourth-order valence-electron chi connectivity index (χ4n) is 2.23. The number of thioether (sulfide) groups is 1. The van der Waals surface area contributed by atoms with Crippen LogP contribution in [-0.2, 0) is 9.53 Å². The molecule has 1 aliphatic rings. The molecular formula is C19H15NO4S. The zero-order valence-electron chi connectivity index (χ0n) is 13.3. The van der Waals surface area contributed by atoms with Crippen molar-refractivity contribution in [3.8, 4) is 5.75 Å². The maximum Gasteiger partial charge on any atom is 0.344 e. The van der Waals surface area contributed by atoms with Crippen molar-refractivity contribution in [3.63, 3.8) is 0 Å². The van der Waals surface area contributed by atoms with Crippen molar-refractivity contribution in [1.82, 2.24) is 0 Å². The van der Waals surface area contributed by atoms with Crippen LogP contribution in [0, 0.1) is 0 Å². The van der Waals surface area contributed by atoms with Crippen molar-refractivity contribution in [3.05, 3.63) is 76.4 Å². The average molecular weight is 353 g/mol. The molecule has 0 aliphatic carbocycles. The number of ether oxygens (including phenoxy) is 1. The van der Waals surface area contributed by atoms with Gasteiger partial charge in [-0.15, -0.1) is 0 Å². The van der Waals surface area contributed by atoms with Gasteiger partial charge in [0, 0.05) is 0 Å². The number of esters is 1. The monoisotopic (exact) mass is 353 g/mol. The van der Waals surface area contributed by atoms with Crippen molar-refractivity contribution in [2.45, 2.75) is 0 Å². The molecule has 0 amide bonds. The van der Waals surface area contributed by atoms with E-state index in [9.17, 15) is 15.0 Å². The summed E-state index contributed by atoms with van der Waals surface area (Å²) in [6, 6.07) is 15.7. The van der Waals surface area contributed by atoms with Gasteiger partial charge >= 0.3 is 5.97 Å². The third-order valence-electron chi connectivity index (χ3n) is 3.46. The van der Waals surface area contributed by atoms with Gasteiger partial charge in [-0.1, -0.05) is 42.1 Å². The van der Waals surface area contributed by atoms with Crippen LogP contribution in [0.5, 0.6) is 5.75 Å². The van der Waals surface area contributed by atoms with Gasteiger partial charge in [0.15, 0.2) is 0 Å². The van der Waals surface area contributed by atoms with Crippen LogP contribution in [0.2, 0.25) is 0 Å². The van der Waals surface area contributed by atoms with Gasteiger partial charge in [0.25, 0.3) is 0 Å². The van der Waals surface area contributed by atoms with Gasteiger partial charge in [-0.25, -0.2) is 9.79 Å². The number of aliphatic hydroxyl groups excluding tert-OH is 1. The van der Waals surface area contributed by atoms with Crippen LogP contribution in [0.25, 0.3) is 6.08 Å². The molecule has 2 aromatic carbocycles. The van der Waals surface area contributed by atoms with E-state index in [1.807, 2.05) is 18.2 Å². The van der Waals surface area contributed by atoms with E-state index in [1.54, 1.807) is 42.5 Å². The van der Waals surface area contributed by atoms with Gasteiger partial charge in [0.05, 0.1) is 17.7 Å². The molecule has 0 aromatic heterocycles. The number of phenolic OH excluding ortho intramolecular Hbond substituents is 1. The highest BCUT2D eigenvalue weighted by atomic mass is 32.2. The van der Waals surface area contributed by atoms with Crippen LogP contribution in [0.4, 0.5) is 5.69 Å². The summed E-state index contributed by atoms with van der Waals surface area (Å²) in [4.78, 5) is 17.0. The Morgan fingerprint density at radius 1 is 1.08 bits per heavy atom. The maximum absolute atomic E-state index is 12.1. The van der Waals surface area contributed by atoms with E-state index in [1.165, 1.54) is 18.9 Å². The number of carbonyl (C=O) groups is 1. The van der Waals surface area contributed by atoms with Crippen molar-refractivity contribution >= 4 is 34.5 Å². The predicted molar refractivity (Wildman–Crippen MR) is 98.9 cm³/mol. The SMILES string of the molecule is COC(=O)C1=C(O)/C(=C/c2ccc(O)cc2)SC1=Nc1ccccc1. The number of aliphatic imine (C=N–C) groups is 1. The number of nitrogens with zero attached hydrogens (tertiary/aromatic N) is 1. The molecule has 25 heavy (non-hydrogen) atoms. The van der Waals surface area contributed by atoms with Crippen LogP contribution in [0.1, 0.15) is 5.56 Å². The van der Waals surface area contributed by atoms with E-state index < -0.39 is 5.97 Å². The van der Waals surface area contributed by atoms with Crippen LogP contribution >= 0.6 is 11.8 Å². The van der Waals surface area contributed by atoms with Crippen LogP contribution in [0.15, 0.2) is 75.8 Å². The topological polar surface area (TPSA) is 79.1 Å². The lowest BCUT2D eigenvalue weighted by Crippen LogP contribution is -2.10. The first kappa shape index (κ1) is 16.9. The van der Waals surface area contributed by atoms with Gasteiger partial charge in [0.1, 0.15) is 22.1 Å². The van der Waals surface area contributed by atoms with Crippen molar-refractivity contribution in [1.29, 1.82) is 0 Å². The van der Waals surface area contributed by atoms with Crippen LogP contribution in [-0.4, -0.2) is 28.3 Å². The van der Waals surface area contributed by atoms with E-state index in [4.69, 9.17) is 4.74 Å². The Hall–Kier alpha value is -2.99. The summed E-state index contributed by atoms with van der Waals surface area (Å²) in [5.41, 5.74) is 1.49. The number of aromatic hydroxyl groups is 1. The highest BCUT2D eigenvalue weighted by molar-refractivity contribution is 8.18. The van der Waals surface area contributed by atoms with Crippen LogP contribution in [0.3, 0.4) is 0 Å². The zero-order chi connectivity index (χ0) is 17.8. The number of carbonyl (C=O) groups excluding carboxylic acids is 1. The first-order valence-electron chi connectivity index (χ1n) is 7.43. The summed E-state index contributed by atoms with van der Waals surface area (Å²) in [5, 5.41) is 20.2. The van der Waals surface area contributed by atoms with Gasteiger partial charge in [-0.2, -0.15) is 0 Å². The molecule has 126 valence electrons. The molecule has 0 spiro atoms. The highest BCUT2D eigenvalue weighted by Gasteiger charge is 2.32. The molecule has 2 N–H and O–H groups in total. The number of hydrogen-bond acceptors (Lipinski definition) is 6. The fraction of sp³-hybridized carbons (Fsp3) is 0.0526. The lowest BCUT2D eigenvalue weighted by atomic mass is 10.1. The maximum atomic E-state index is 12.1. The number of aliphatic hydroxyl groups is 1. The number of methoxy groups -OCH3 is 1. The summed E-state index contributed by atoms with van der Waals surface area (Å²) in [5.74, 6) is -0.657. The Labute approximate surface area is 149 Å². The summed E-state index contributed by atoms with van der Waals surface area (Å²) in [6.45, 7) is 0. The van der Waals surface area contributed by atoms with E-state index in [0.29, 0.717) is 15.6 Å². The third kappa shape index (κ3) is 3.75. The Morgan fingerprint density at radius 2 is 1.76 bits per heavy atom.